The van der Waals surface area contributed by atoms with Crippen molar-refractivity contribution in [2.45, 2.75) is 26.8 Å². The van der Waals surface area contributed by atoms with Gasteiger partial charge in [-0.15, -0.1) is 0 Å². The molecule has 112 valence electrons. The fraction of sp³-hybridized carbons (Fsp3) is 0.286. The Labute approximate surface area is 126 Å². The fourth-order valence-electron chi connectivity index (χ4n) is 1.80. The molecule has 4 N–H and O–H groups in total. The second kappa shape index (κ2) is 6.09. The summed E-state index contributed by atoms with van der Waals surface area (Å²) in [7, 11) is 0. The number of aromatic nitrogens is 1. The van der Waals surface area contributed by atoms with Gasteiger partial charge >= 0.3 is 0 Å². The van der Waals surface area contributed by atoms with Gasteiger partial charge in [0.1, 0.15) is 16.5 Å². The lowest BCUT2D eigenvalue weighted by atomic mass is 10.2. The number of hydrogen-bond acceptors (Lipinski definition) is 5. The number of thiazole rings is 1. The minimum atomic E-state index is -0.398. The van der Waals surface area contributed by atoms with Crippen LogP contribution in [0, 0.1) is 12.7 Å². The van der Waals surface area contributed by atoms with E-state index in [1.54, 1.807) is 13.0 Å². The van der Waals surface area contributed by atoms with Crippen LogP contribution in [0.4, 0.5) is 21.0 Å². The van der Waals surface area contributed by atoms with E-state index in [1.807, 2.05) is 13.8 Å². The highest BCUT2D eigenvalue weighted by Crippen LogP contribution is 2.26. The van der Waals surface area contributed by atoms with Gasteiger partial charge in [-0.1, -0.05) is 11.3 Å². The van der Waals surface area contributed by atoms with Gasteiger partial charge in [-0.3, -0.25) is 4.79 Å². The standard InChI is InChI=1S/C14H17FN4OS/c1-7(2)17-14-19-12(16)11(21-14)13(20)18-10-5-8(3)4-9(15)6-10/h4-7H,16H2,1-3H3,(H,17,19)(H,18,20). The summed E-state index contributed by atoms with van der Waals surface area (Å²) in [5.41, 5.74) is 6.87. The average Bonchev–Trinajstić information content (AvgIpc) is 2.67. The zero-order valence-electron chi connectivity index (χ0n) is 12.0. The number of hydrogen-bond donors (Lipinski definition) is 3. The first kappa shape index (κ1) is 15.2. The van der Waals surface area contributed by atoms with Crippen molar-refractivity contribution in [3.05, 3.63) is 34.5 Å². The molecule has 0 saturated carbocycles. The summed E-state index contributed by atoms with van der Waals surface area (Å²) in [5, 5.41) is 6.31. The summed E-state index contributed by atoms with van der Waals surface area (Å²) >= 11 is 1.17. The van der Waals surface area contributed by atoms with Crippen LogP contribution >= 0.6 is 11.3 Å². The Bertz CT molecular complexity index is 649. The molecule has 2 aromatic rings. The van der Waals surface area contributed by atoms with Crippen molar-refractivity contribution in [3.8, 4) is 0 Å². The Hall–Kier alpha value is -2.15. The molecule has 0 aliphatic carbocycles. The van der Waals surface area contributed by atoms with Crippen molar-refractivity contribution < 1.29 is 9.18 Å². The molecule has 1 aromatic carbocycles. The molecule has 0 bridgehead atoms. The summed E-state index contributed by atoms with van der Waals surface area (Å²) in [4.78, 5) is 16.6. The van der Waals surface area contributed by atoms with E-state index in [0.717, 1.165) is 5.56 Å². The fourth-order valence-corrected chi connectivity index (χ4v) is 2.73. The van der Waals surface area contributed by atoms with Gasteiger partial charge in [-0.2, -0.15) is 0 Å². The molecule has 0 fully saturated rings. The van der Waals surface area contributed by atoms with E-state index in [0.29, 0.717) is 15.7 Å². The number of carbonyl (C=O) groups excluding carboxylic acids is 1. The Morgan fingerprint density at radius 2 is 2.10 bits per heavy atom. The van der Waals surface area contributed by atoms with Crippen LogP contribution in [0.2, 0.25) is 0 Å². The highest BCUT2D eigenvalue weighted by Gasteiger charge is 2.17. The molecule has 0 unspecified atom stereocenters. The summed E-state index contributed by atoms with van der Waals surface area (Å²) in [5.74, 6) is -0.634. The van der Waals surface area contributed by atoms with Crippen molar-refractivity contribution in [1.82, 2.24) is 4.98 Å². The molecule has 7 heteroatoms. The van der Waals surface area contributed by atoms with Gasteiger partial charge in [0.2, 0.25) is 0 Å². The third-order valence-corrected chi connectivity index (χ3v) is 3.57. The van der Waals surface area contributed by atoms with Crippen molar-refractivity contribution >= 4 is 33.9 Å². The summed E-state index contributed by atoms with van der Waals surface area (Å²) in [6, 6.07) is 4.53. The summed E-state index contributed by atoms with van der Waals surface area (Å²) in [6.45, 7) is 5.68. The first-order chi connectivity index (χ1) is 9.85. The second-order valence-corrected chi connectivity index (χ2v) is 6.00. The van der Waals surface area contributed by atoms with E-state index in [1.165, 1.54) is 23.5 Å². The Morgan fingerprint density at radius 1 is 1.38 bits per heavy atom. The summed E-state index contributed by atoms with van der Waals surface area (Å²) < 4.78 is 13.3. The molecule has 1 aromatic heterocycles. The molecule has 0 saturated heterocycles. The predicted octanol–water partition coefficient (Wildman–Crippen LogP) is 3.25. The van der Waals surface area contributed by atoms with Crippen LogP contribution < -0.4 is 16.4 Å². The number of amides is 1. The second-order valence-electron chi connectivity index (χ2n) is 5.00. The topological polar surface area (TPSA) is 80.0 Å². The number of anilines is 3. The van der Waals surface area contributed by atoms with E-state index in [-0.39, 0.29) is 11.9 Å². The van der Waals surface area contributed by atoms with Gasteiger partial charge < -0.3 is 16.4 Å². The normalized spacial score (nSPS) is 10.7. The molecule has 21 heavy (non-hydrogen) atoms. The number of halogens is 1. The van der Waals surface area contributed by atoms with Gasteiger partial charge in [0.25, 0.3) is 5.91 Å². The van der Waals surface area contributed by atoms with Crippen molar-refractivity contribution in [2.24, 2.45) is 0 Å². The van der Waals surface area contributed by atoms with Crippen LogP contribution in [0.15, 0.2) is 18.2 Å². The molecule has 0 spiro atoms. The van der Waals surface area contributed by atoms with Gasteiger partial charge in [-0.05, 0) is 44.5 Å². The molecule has 0 aliphatic heterocycles. The molecule has 2 rings (SSSR count). The predicted molar refractivity (Wildman–Crippen MR) is 84.4 cm³/mol. The number of rotatable bonds is 4. The van der Waals surface area contributed by atoms with E-state index in [9.17, 15) is 9.18 Å². The number of benzene rings is 1. The van der Waals surface area contributed by atoms with Crippen molar-refractivity contribution in [1.29, 1.82) is 0 Å². The molecule has 0 radical (unpaired) electrons. The lowest BCUT2D eigenvalue weighted by Gasteiger charge is -2.05. The van der Waals surface area contributed by atoms with Crippen molar-refractivity contribution in [3.63, 3.8) is 0 Å². The van der Waals surface area contributed by atoms with E-state index in [4.69, 9.17) is 5.73 Å². The Balaban J connectivity index is 2.18. The largest absolute Gasteiger partial charge is 0.382 e. The van der Waals surface area contributed by atoms with E-state index >= 15 is 0 Å². The molecule has 5 nitrogen and oxygen atoms in total. The first-order valence-electron chi connectivity index (χ1n) is 6.46. The van der Waals surface area contributed by atoms with Crippen LogP contribution in [0.5, 0.6) is 0 Å². The molecule has 0 atom stereocenters. The van der Waals surface area contributed by atoms with Gasteiger partial charge in [0.05, 0.1) is 0 Å². The maximum absolute atomic E-state index is 13.3. The van der Waals surface area contributed by atoms with Crippen LogP contribution in [-0.2, 0) is 0 Å². The maximum atomic E-state index is 13.3. The average molecular weight is 308 g/mol. The van der Waals surface area contributed by atoms with Gasteiger partial charge in [-0.25, -0.2) is 9.37 Å². The van der Waals surface area contributed by atoms with Crippen LogP contribution in [0.3, 0.4) is 0 Å². The van der Waals surface area contributed by atoms with Crippen molar-refractivity contribution in [2.75, 3.05) is 16.4 Å². The molecule has 1 amide bonds. The third kappa shape index (κ3) is 3.91. The number of nitrogens with two attached hydrogens (primary N) is 1. The lowest BCUT2D eigenvalue weighted by Crippen LogP contribution is -2.12. The molecular weight excluding hydrogens is 291 g/mol. The molecule has 1 heterocycles. The maximum Gasteiger partial charge on any atom is 0.269 e. The third-order valence-electron chi connectivity index (χ3n) is 2.57. The smallest absolute Gasteiger partial charge is 0.269 e. The van der Waals surface area contributed by atoms with Crippen LogP contribution in [0.1, 0.15) is 29.1 Å². The van der Waals surface area contributed by atoms with E-state index in [2.05, 4.69) is 15.6 Å². The number of aryl methyl sites for hydroxylation is 1. The molecule has 0 aliphatic rings. The number of carbonyl (C=O) groups is 1. The quantitative estimate of drug-likeness (QED) is 0.810. The lowest BCUT2D eigenvalue weighted by molar-refractivity contribution is 0.103. The van der Waals surface area contributed by atoms with Crippen LogP contribution in [0.25, 0.3) is 0 Å². The molecular formula is C14H17FN4OS. The highest BCUT2D eigenvalue weighted by molar-refractivity contribution is 7.18. The number of nitrogens with zero attached hydrogens (tertiary/aromatic N) is 1. The number of nitrogens with one attached hydrogen (secondary N) is 2. The SMILES string of the molecule is Cc1cc(F)cc(NC(=O)c2sc(NC(C)C)nc2N)c1. The van der Waals surface area contributed by atoms with E-state index < -0.39 is 11.7 Å². The van der Waals surface area contributed by atoms with Crippen LogP contribution in [-0.4, -0.2) is 16.9 Å². The zero-order chi connectivity index (χ0) is 15.6. The Morgan fingerprint density at radius 3 is 2.71 bits per heavy atom. The minimum Gasteiger partial charge on any atom is -0.382 e. The first-order valence-corrected chi connectivity index (χ1v) is 7.28. The minimum absolute atomic E-state index is 0.161. The number of nitrogen functional groups attached to an aromatic ring is 1. The Kier molecular flexibility index (Phi) is 4.42. The highest BCUT2D eigenvalue weighted by atomic mass is 32.1. The summed E-state index contributed by atoms with van der Waals surface area (Å²) in [6.07, 6.45) is 0. The van der Waals surface area contributed by atoms with Gasteiger partial charge in [0.15, 0.2) is 5.13 Å². The van der Waals surface area contributed by atoms with Gasteiger partial charge in [0, 0.05) is 11.7 Å². The zero-order valence-corrected chi connectivity index (χ0v) is 12.8. The monoisotopic (exact) mass is 308 g/mol.